The molecule has 2 fully saturated rings. The van der Waals surface area contributed by atoms with Crippen molar-refractivity contribution in [2.75, 3.05) is 11.5 Å². The van der Waals surface area contributed by atoms with E-state index in [4.69, 9.17) is 0 Å². The van der Waals surface area contributed by atoms with Gasteiger partial charge in [0, 0.05) is 0 Å². The first-order valence-corrected chi connectivity index (χ1v) is 9.32. The van der Waals surface area contributed by atoms with E-state index in [9.17, 15) is 25.3 Å². The van der Waals surface area contributed by atoms with Crippen molar-refractivity contribution in [3.63, 3.8) is 0 Å². The Labute approximate surface area is 99.3 Å². The minimum atomic E-state index is -4.34. The van der Waals surface area contributed by atoms with Crippen LogP contribution in [-0.2, 0) is 38.2 Å². The van der Waals surface area contributed by atoms with E-state index >= 15 is 0 Å². The third kappa shape index (κ3) is 2.78. The number of hydrogen-bond acceptors (Lipinski definition) is 8. The molecule has 0 aromatic rings. The van der Waals surface area contributed by atoms with Crippen LogP contribution in [0, 0.1) is 0 Å². The normalized spacial score (nSPS) is 38.8. The van der Waals surface area contributed by atoms with Crippen molar-refractivity contribution < 1.29 is 33.1 Å². The number of hydrogen-bond donors (Lipinski definition) is 0. The average Bonchev–Trinajstić information content (AvgIpc) is 2.42. The predicted octanol–water partition coefficient (Wildman–Crippen LogP) is -1.45. The van der Waals surface area contributed by atoms with Crippen LogP contribution >= 0.6 is 0 Å². The van der Waals surface area contributed by atoms with Gasteiger partial charge in [0.05, 0.1) is 17.6 Å². The highest BCUT2D eigenvalue weighted by Gasteiger charge is 2.47. The molecule has 2 rings (SSSR count). The Bertz CT molecular complexity index is 612. The lowest BCUT2D eigenvalue weighted by atomic mass is 10.1. The molecule has 100 valence electrons. The fraction of sp³-hybridized carbons (Fsp3) is 1.00. The second-order valence-corrected chi connectivity index (χ2v) is 9.21. The first-order chi connectivity index (χ1) is 7.61. The van der Waals surface area contributed by atoms with E-state index in [0.717, 1.165) is 0 Å². The summed E-state index contributed by atoms with van der Waals surface area (Å²) in [6.45, 7) is 0. The Morgan fingerprint density at radius 2 is 1.41 bits per heavy atom. The molecule has 11 heteroatoms. The van der Waals surface area contributed by atoms with E-state index in [2.05, 4.69) is 7.81 Å². The van der Waals surface area contributed by atoms with E-state index in [1.165, 1.54) is 0 Å². The van der Waals surface area contributed by atoms with Gasteiger partial charge in [0.2, 0.25) is 0 Å². The molecule has 17 heavy (non-hydrogen) atoms. The zero-order valence-electron chi connectivity index (χ0n) is 8.47. The second kappa shape index (κ2) is 3.88. The van der Waals surface area contributed by atoms with Crippen LogP contribution in [0.25, 0.3) is 0 Å². The Balaban J connectivity index is 2.25. The van der Waals surface area contributed by atoms with Crippen LogP contribution in [0.1, 0.15) is 12.8 Å². The lowest BCUT2D eigenvalue weighted by Gasteiger charge is -2.24. The maximum Gasteiger partial charge on any atom is 0.287 e. The van der Waals surface area contributed by atoms with Crippen molar-refractivity contribution in [3.8, 4) is 0 Å². The molecule has 2 atom stereocenters. The van der Waals surface area contributed by atoms with Crippen LogP contribution in [0.5, 0.6) is 0 Å². The highest BCUT2D eigenvalue weighted by molar-refractivity contribution is 8.00. The van der Waals surface area contributed by atoms with E-state index < -0.39 is 47.5 Å². The van der Waals surface area contributed by atoms with Crippen LogP contribution in [0.4, 0.5) is 0 Å². The highest BCUT2D eigenvalue weighted by atomic mass is 32.3. The SMILES string of the molecule is O=S1(=O)CCC(C2CCS(=O)(=O)OS2(=O)=O)O1. The minimum absolute atomic E-state index is 0.0235. The molecular formula is C6H10O8S3. The fourth-order valence-electron chi connectivity index (χ4n) is 1.80. The number of rotatable bonds is 1. The van der Waals surface area contributed by atoms with Crippen molar-refractivity contribution in [1.82, 2.24) is 0 Å². The Hall–Kier alpha value is -0.230. The summed E-state index contributed by atoms with van der Waals surface area (Å²) in [5, 5.41) is -1.25. The molecule has 2 aliphatic heterocycles. The van der Waals surface area contributed by atoms with Crippen LogP contribution in [-0.4, -0.2) is 48.1 Å². The second-order valence-electron chi connectivity index (χ2n) is 3.83. The third-order valence-corrected chi connectivity index (χ3v) is 7.44. The first-order valence-electron chi connectivity index (χ1n) is 4.70. The fourth-order valence-corrected chi connectivity index (χ4v) is 6.59. The molecule has 0 N–H and O–H groups in total. The Morgan fingerprint density at radius 1 is 0.824 bits per heavy atom. The predicted molar refractivity (Wildman–Crippen MR) is 55.5 cm³/mol. The highest BCUT2D eigenvalue weighted by Crippen LogP contribution is 2.30. The van der Waals surface area contributed by atoms with Crippen LogP contribution in [0.3, 0.4) is 0 Å². The summed E-state index contributed by atoms with van der Waals surface area (Å²) in [6, 6.07) is 0. The van der Waals surface area contributed by atoms with Gasteiger partial charge < -0.3 is 0 Å². The quantitative estimate of drug-likeness (QED) is 0.540. The standard InChI is InChI=1S/C6H10O8S3/c7-15(8)3-1-5(13-15)6-2-4-16(9,10)14-17(6,11)12/h5-6H,1-4H2. The molecule has 0 bridgehead atoms. The summed E-state index contributed by atoms with van der Waals surface area (Å²) in [5.74, 6) is -0.729. The summed E-state index contributed by atoms with van der Waals surface area (Å²) in [7, 11) is -12.1. The molecule has 0 amide bonds. The van der Waals surface area contributed by atoms with Crippen molar-refractivity contribution in [1.29, 1.82) is 0 Å². The van der Waals surface area contributed by atoms with Crippen molar-refractivity contribution in [3.05, 3.63) is 0 Å². The maximum atomic E-state index is 11.5. The molecule has 0 saturated carbocycles. The van der Waals surface area contributed by atoms with Gasteiger partial charge >= 0.3 is 0 Å². The zero-order valence-corrected chi connectivity index (χ0v) is 10.9. The lowest BCUT2D eigenvalue weighted by Crippen LogP contribution is -2.42. The average molecular weight is 306 g/mol. The molecule has 8 nitrogen and oxygen atoms in total. The molecule has 0 aromatic carbocycles. The van der Waals surface area contributed by atoms with Gasteiger partial charge in [-0.3, -0.25) is 4.18 Å². The molecule has 0 radical (unpaired) electrons. The van der Waals surface area contributed by atoms with Gasteiger partial charge in [-0.15, -0.1) is 3.63 Å². The Kier molecular flexibility index (Phi) is 3.02. The van der Waals surface area contributed by atoms with Crippen LogP contribution in [0.2, 0.25) is 0 Å². The van der Waals surface area contributed by atoms with Gasteiger partial charge in [-0.05, 0) is 12.8 Å². The van der Waals surface area contributed by atoms with E-state index in [1.54, 1.807) is 0 Å². The molecule has 0 aliphatic carbocycles. The molecular weight excluding hydrogens is 296 g/mol. The van der Waals surface area contributed by atoms with Gasteiger partial charge in [0.15, 0.2) is 0 Å². The smallest absolute Gasteiger partial charge is 0.265 e. The minimum Gasteiger partial charge on any atom is -0.265 e. The molecule has 0 spiro atoms. The van der Waals surface area contributed by atoms with Crippen LogP contribution in [0.15, 0.2) is 0 Å². The summed E-state index contributed by atoms with van der Waals surface area (Å²) in [6.07, 6.45) is -1.25. The monoisotopic (exact) mass is 306 g/mol. The Morgan fingerprint density at radius 3 is 1.88 bits per heavy atom. The third-order valence-electron chi connectivity index (χ3n) is 2.56. The largest absolute Gasteiger partial charge is 0.287 e. The lowest BCUT2D eigenvalue weighted by molar-refractivity contribution is 0.219. The topological polar surface area (TPSA) is 121 Å². The summed E-state index contributed by atoms with van der Waals surface area (Å²) in [5.41, 5.74) is 0. The summed E-state index contributed by atoms with van der Waals surface area (Å²) < 4.78 is 75.8. The summed E-state index contributed by atoms with van der Waals surface area (Å²) >= 11 is 0. The van der Waals surface area contributed by atoms with E-state index in [0.29, 0.717) is 0 Å². The zero-order chi connectivity index (χ0) is 12.9. The van der Waals surface area contributed by atoms with E-state index in [1.807, 2.05) is 0 Å². The van der Waals surface area contributed by atoms with Gasteiger partial charge in [-0.1, -0.05) is 0 Å². The van der Waals surface area contributed by atoms with Crippen LogP contribution < -0.4 is 0 Å². The van der Waals surface area contributed by atoms with Crippen molar-refractivity contribution >= 4 is 30.4 Å². The molecule has 2 saturated heterocycles. The first kappa shape index (κ1) is 13.2. The van der Waals surface area contributed by atoms with Gasteiger partial charge in [-0.25, -0.2) is 0 Å². The summed E-state index contributed by atoms with van der Waals surface area (Å²) in [4.78, 5) is 0. The molecule has 0 aromatic heterocycles. The van der Waals surface area contributed by atoms with Crippen molar-refractivity contribution in [2.24, 2.45) is 0 Å². The molecule has 2 unspecified atom stereocenters. The maximum absolute atomic E-state index is 11.5. The van der Waals surface area contributed by atoms with Crippen molar-refractivity contribution in [2.45, 2.75) is 24.2 Å². The van der Waals surface area contributed by atoms with Gasteiger partial charge in [-0.2, -0.15) is 25.3 Å². The van der Waals surface area contributed by atoms with Gasteiger partial charge in [0.25, 0.3) is 30.4 Å². The van der Waals surface area contributed by atoms with E-state index in [-0.39, 0.29) is 18.6 Å². The van der Waals surface area contributed by atoms with Gasteiger partial charge in [0.1, 0.15) is 5.25 Å². The molecule has 2 heterocycles. The molecule has 2 aliphatic rings.